The van der Waals surface area contributed by atoms with Crippen molar-refractivity contribution >= 4 is 34.0 Å². The first-order valence-electron chi connectivity index (χ1n) is 6.84. The van der Waals surface area contributed by atoms with Gasteiger partial charge in [-0.25, -0.2) is 9.37 Å². The maximum atomic E-state index is 13.1. The van der Waals surface area contributed by atoms with Crippen LogP contribution in [-0.4, -0.2) is 20.2 Å². The summed E-state index contributed by atoms with van der Waals surface area (Å²) in [5.74, 6) is -0.724. The molecule has 1 N–H and O–H groups in total. The predicted molar refractivity (Wildman–Crippen MR) is 87.0 cm³/mol. The highest BCUT2D eigenvalue weighted by Crippen LogP contribution is 2.24. The van der Waals surface area contributed by atoms with E-state index in [1.54, 1.807) is 18.3 Å². The van der Waals surface area contributed by atoms with Crippen molar-refractivity contribution in [2.24, 2.45) is 0 Å². The van der Waals surface area contributed by atoms with Crippen molar-refractivity contribution < 1.29 is 14.1 Å². The van der Waals surface area contributed by atoms with Gasteiger partial charge in [0.05, 0.1) is 17.2 Å². The maximum Gasteiger partial charge on any atom is 0.324 e. The molecule has 0 spiro atoms. The fourth-order valence-corrected chi connectivity index (χ4v) is 2.75. The maximum absolute atomic E-state index is 13.1. The Hall–Kier alpha value is -3.07. The van der Waals surface area contributed by atoms with E-state index in [1.165, 1.54) is 34.9 Å². The second-order valence-corrected chi connectivity index (χ2v) is 5.92. The number of nitrogens with zero attached hydrogens (tertiary/aromatic N) is 3. The minimum absolute atomic E-state index is 0.0204. The van der Waals surface area contributed by atoms with Crippen molar-refractivity contribution in [3.63, 3.8) is 0 Å². The first-order valence-corrected chi connectivity index (χ1v) is 7.66. The number of nitro groups is 1. The summed E-state index contributed by atoms with van der Waals surface area (Å²) in [4.78, 5) is 26.7. The van der Waals surface area contributed by atoms with Gasteiger partial charge in [0.15, 0.2) is 0 Å². The molecule has 0 aliphatic rings. The van der Waals surface area contributed by atoms with Gasteiger partial charge in [-0.2, -0.15) is 0 Å². The van der Waals surface area contributed by atoms with Crippen LogP contribution in [0.25, 0.3) is 11.7 Å². The van der Waals surface area contributed by atoms with E-state index in [0.717, 1.165) is 11.3 Å². The molecule has 1 amide bonds. The molecule has 0 aliphatic heterocycles. The molecule has 3 aromatic heterocycles. The van der Waals surface area contributed by atoms with E-state index in [1.807, 2.05) is 0 Å². The Morgan fingerprint density at radius 2 is 2.21 bits per heavy atom. The number of hydrogen-bond donors (Lipinski definition) is 1. The Morgan fingerprint density at radius 1 is 1.38 bits per heavy atom. The summed E-state index contributed by atoms with van der Waals surface area (Å²) < 4.78 is 14.6. The van der Waals surface area contributed by atoms with Gasteiger partial charge in [-0.05, 0) is 24.3 Å². The fourth-order valence-electron chi connectivity index (χ4n) is 2.03. The van der Waals surface area contributed by atoms with Gasteiger partial charge in [0.1, 0.15) is 11.5 Å². The number of rotatable bonds is 5. The molecule has 0 saturated carbocycles. The van der Waals surface area contributed by atoms with Crippen LogP contribution in [0.4, 0.5) is 9.39 Å². The summed E-state index contributed by atoms with van der Waals surface area (Å²) in [6.07, 6.45) is 5.74. The lowest BCUT2D eigenvalue weighted by Crippen LogP contribution is -2.20. The second-order valence-electron chi connectivity index (χ2n) is 4.83. The van der Waals surface area contributed by atoms with Crippen LogP contribution in [0.5, 0.6) is 0 Å². The number of pyridine rings is 1. The van der Waals surface area contributed by atoms with Crippen molar-refractivity contribution in [1.29, 1.82) is 0 Å². The van der Waals surface area contributed by atoms with Crippen molar-refractivity contribution in [3.05, 3.63) is 69.2 Å². The Labute approximate surface area is 139 Å². The van der Waals surface area contributed by atoms with Crippen molar-refractivity contribution in [3.8, 4) is 0 Å². The fraction of sp³-hybridized carbons (Fsp3) is 0.0667. The number of hydrogen-bond acceptors (Lipinski definition) is 5. The molecule has 24 heavy (non-hydrogen) atoms. The van der Waals surface area contributed by atoms with Crippen LogP contribution in [0.3, 0.4) is 0 Å². The lowest BCUT2D eigenvalue weighted by atomic mass is 10.4. The molecule has 0 bridgehead atoms. The average molecular weight is 346 g/mol. The molecule has 7 nitrogen and oxygen atoms in total. The number of halogens is 1. The van der Waals surface area contributed by atoms with Gasteiger partial charge in [0.25, 0.3) is 0 Å². The zero-order chi connectivity index (χ0) is 17.1. The third-order valence-electron chi connectivity index (χ3n) is 3.10. The van der Waals surface area contributed by atoms with Crippen LogP contribution in [0.2, 0.25) is 0 Å². The van der Waals surface area contributed by atoms with E-state index < -0.39 is 4.92 Å². The molecule has 0 saturated heterocycles. The van der Waals surface area contributed by atoms with E-state index in [-0.39, 0.29) is 23.3 Å². The van der Waals surface area contributed by atoms with E-state index in [4.69, 9.17) is 0 Å². The Balaban J connectivity index is 1.59. The highest BCUT2D eigenvalue weighted by molar-refractivity contribution is 7.16. The van der Waals surface area contributed by atoms with Crippen LogP contribution in [-0.2, 0) is 11.3 Å². The van der Waals surface area contributed by atoms with Crippen molar-refractivity contribution in [1.82, 2.24) is 14.7 Å². The summed E-state index contributed by atoms with van der Waals surface area (Å²) in [5, 5.41) is 13.3. The molecule has 9 heteroatoms. The van der Waals surface area contributed by atoms with Gasteiger partial charge < -0.3 is 9.72 Å². The van der Waals surface area contributed by atoms with E-state index in [0.29, 0.717) is 16.2 Å². The molecule has 122 valence electrons. The number of fused-ring (bicyclic) bond motifs is 1. The highest BCUT2D eigenvalue weighted by atomic mass is 32.1. The van der Waals surface area contributed by atoms with Gasteiger partial charge in [-0.3, -0.25) is 14.9 Å². The van der Waals surface area contributed by atoms with Gasteiger partial charge in [0, 0.05) is 29.4 Å². The molecule has 0 unspecified atom stereocenters. The number of imidazole rings is 1. The first-order chi connectivity index (χ1) is 11.5. The molecule has 0 aliphatic carbocycles. The minimum atomic E-state index is -0.478. The monoisotopic (exact) mass is 346 g/mol. The standard InChI is InChI=1S/C15H11FN4O3S/c16-10-1-4-13-18-11(9-19(13)8-10)7-17-14(21)5-2-12-3-6-15(24-12)20(22)23/h1-6,8-9H,7H2,(H,17,21)/b5-2+. The third-order valence-corrected chi connectivity index (χ3v) is 4.10. The number of aromatic nitrogens is 2. The third kappa shape index (κ3) is 3.63. The highest BCUT2D eigenvalue weighted by Gasteiger charge is 2.08. The molecular weight excluding hydrogens is 335 g/mol. The van der Waals surface area contributed by atoms with Crippen molar-refractivity contribution in [2.75, 3.05) is 0 Å². The zero-order valence-electron chi connectivity index (χ0n) is 12.2. The summed E-state index contributed by atoms with van der Waals surface area (Å²) in [7, 11) is 0. The molecular formula is C15H11FN4O3S. The van der Waals surface area contributed by atoms with Crippen molar-refractivity contribution in [2.45, 2.75) is 6.54 Å². The van der Waals surface area contributed by atoms with Gasteiger partial charge in [-0.15, -0.1) is 0 Å². The van der Waals surface area contributed by atoms with Crippen LogP contribution in [0.15, 0.2) is 42.7 Å². The Kier molecular flexibility index (Phi) is 4.34. The molecule has 0 radical (unpaired) electrons. The van der Waals surface area contributed by atoms with Crippen LogP contribution < -0.4 is 5.32 Å². The van der Waals surface area contributed by atoms with Gasteiger partial charge in [0.2, 0.25) is 5.91 Å². The number of carbonyl (C=O) groups is 1. The second kappa shape index (κ2) is 6.59. The topological polar surface area (TPSA) is 89.5 Å². The normalized spacial score (nSPS) is 11.2. The average Bonchev–Trinajstić information content (AvgIpc) is 3.17. The van der Waals surface area contributed by atoms with Gasteiger partial charge >= 0.3 is 5.00 Å². The van der Waals surface area contributed by atoms with Crippen LogP contribution in [0, 0.1) is 15.9 Å². The number of carbonyl (C=O) groups excluding carboxylic acids is 1. The minimum Gasteiger partial charge on any atom is -0.347 e. The molecule has 0 atom stereocenters. The Morgan fingerprint density at radius 3 is 2.96 bits per heavy atom. The van der Waals surface area contributed by atoms with E-state index in [9.17, 15) is 19.3 Å². The lowest BCUT2D eigenvalue weighted by Gasteiger charge is -1.97. The molecule has 0 fully saturated rings. The molecule has 0 aromatic carbocycles. The lowest BCUT2D eigenvalue weighted by molar-refractivity contribution is -0.380. The van der Waals surface area contributed by atoms with E-state index in [2.05, 4.69) is 10.3 Å². The zero-order valence-corrected chi connectivity index (χ0v) is 13.0. The number of thiophene rings is 1. The molecule has 3 aromatic rings. The summed E-state index contributed by atoms with van der Waals surface area (Å²) in [6.45, 7) is 0.192. The quantitative estimate of drug-likeness (QED) is 0.437. The first kappa shape index (κ1) is 15.8. The molecule has 3 heterocycles. The van der Waals surface area contributed by atoms with Crippen LogP contribution >= 0.6 is 11.3 Å². The summed E-state index contributed by atoms with van der Waals surface area (Å²) >= 11 is 0.985. The van der Waals surface area contributed by atoms with Crippen LogP contribution in [0.1, 0.15) is 10.6 Å². The predicted octanol–water partition coefficient (Wildman–Crippen LogP) is 2.77. The smallest absolute Gasteiger partial charge is 0.324 e. The molecule has 3 rings (SSSR count). The largest absolute Gasteiger partial charge is 0.347 e. The summed E-state index contributed by atoms with van der Waals surface area (Å²) in [6, 6.07) is 5.82. The van der Waals surface area contributed by atoms with E-state index >= 15 is 0 Å². The SMILES string of the molecule is O=C(/C=C/c1ccc([N+](=O)[O-])s1)NCc1cn2cc(F)ccc2n1. The summed E-state index contributed by atoms with van der Waals surface area (Å²) in [5.41, 5.74) is 1.18. The number of nitrogens with one attached hydrogen (secondary N) is 1. The number of amides is 1. The van der Waals surface area contributed by atoms with Gasteiger partial charge in [-0.1, -0.05) is 11.3 Å². The Bertz CT molecular complexity index is 947.